The first-order valence-corrected chi connectivity index (χ1v) is 7.81. The van der Waals surface area contributed by atoms with Gasteiger partial charge in [-0.25, -0.2) is 4.79 Å². The van der Waals surface area contributed by atoms with Gasteiger partial charge in [-0.05, 0) is 44.6 Å². The lowest BCUT2D eigenvalue weighted by Crippen LogP contribution is -2.58. The molecule has 5 heteroatoms. The maximum absolute atomic E-state index is 12.7. The summed E-state index contributed by atoms with van der Waals surface area (Å²) in [6, 6.07) is -0.506. The Morgan fingerprint density at radius 1 is 1.25 bits per heavy atom. The molecule has 3 N–H and O–H groups in total. The summed E-state index contributed by atoms with van der Waals surface area (Å²) in [5.41, 5.74) is 5.54. The van der Waals surface area contributed by atoms with E-state index >= 15 is 0 Å². The van der Waals surface area contributed by atoms with Crippen LogP contribution in [-0.2, 0) is 9.59 Å². The Morgan fingerprint density at radius 2 is 1.95 bits per heavy atom. The summed E-state index contributed by atoms with van der Waals surface area (Å²) in [5.74, 6) is -0.558. The van der Waals surface area contributed by atoms with Crippen LogP contribution in [0.4, 0.5) is 0 Å². The van der Waals surface area contributed by atoms with Crippen molar-refractivity contribution < 1.29 is 14.7 Å². The van der Waals surface area contributed by atoms with Crippen molar-refractivity contribution >= 4 is 11.9 Å². The number of rotatable bonds is 4. The van der Waals surface area contributed by atoms with Gasteiger partial charge in [0.05, 0.1) is 0 Å². The van der Waals surface area contributed by atoms with Crippen molar-refractivity contribution in [3.05, 3.63) is 0 Å². The highest BCUT2D eigenvalue weighted by molar-refractivity contribution is 5.85. The van der Waals surface area contributed by atoms with Gasteiger partial charge < -0.3 is 15.7 Å². The van der Waals surface area contributed by atoms with E-state index in [1.807, 2.05) is 6.92 Å². The van der Waals surface area contributed by atoms with Gasteiger partial charge in [0, 0.05) is 12.0 Å². The lowest BCUT2D eigenvalue weighted by molar-refractivity contribution is -0.160. The highest BCUT2D eigenvalue weighted by Crippen LogP contribution is 2.38. The second-order valence-corrected chi connectivity index (χ2v) is 6.27. The summed E-state index contributed by atoms with van der Waals surface area (Å²) in [4.78, 5) is 25.9. The molecule has 0 aromatic carbocycles. The fraction of sp³-hybridized carbons (Fsp3) is 0.867. The lowest BCUT2D eigenvalue weighted by Gasteiger charge is -2.48. The average molecular weight is 282 g/mol. The highest BCUT2D eigenvalue weighted by Gasteiger charge is 2.44. The monoisotopic (exact) mass is 282 g/mol. The molecule has 0 aromatic rings. The van der Waals surface area contributed by atoms with E-state index in [0.717, 1.165) is 25.7 Å². The third kappa shape index (κ3) is 2.97. The first-order valence-electron chi connectivity index (χ1n) is 7.81. The smallest absolute Gasteiger partial charge is 0.326 e. The minimum atomic E-state index is -0.859. The van der Waals surface area contributed by atoms with Crippen molar-refractivity contribution in [2.45, 2.75) is 64.0 Å². The van der Waals surface area contributed by atoms with E-state index in [2.05, 4.69) is 0 Å². The number of carboxylic acid groups (broad SMARTS) is 1. The molecule has 1 heterocycles. The van der Waals surface area contributed by atoms with E-state index < -0.39 is 12.0 Å². The number of likely N-dealkylation sites (tertiary alicyclic amines) is 1. The number of carbonyl (C=O) groups excluding carboxylic acids is 1. The molecule has 1 saturated carbocycles. The first-order chi connectivity index (χ1) is 9.56. The van der Waals surface area contributed by atoms with Crippen LogP contribution in [0, 0.1) is 11.8 Å². The van der Waals surface area contributed by atoms with Gasteiger partial charge in [0.2, 0.25) is 5.91 Å². The van der Waals surface area contributed by atoms with Crippen molar-refractivity contribution in [2.24, 2.45) is 17.6 Å². The summed E-state index contributed by atoms with van der Waals surface area (Å²) in [6.07, 6.45) is 6.55. The van der Waals surface area contributed by atoms with Crippen LogP contribution in [0.3, 0.4) is 0 Å². The molecule has 2 rings (SSSR count). The molecule has 0 spiro atoms. The summed E-state index contributed by atoms with van der Waals surface area (Å²) in [5, 5.41) is 9.44. The minimum Gasteiger partial charge on any atom is -0.480 e. The topological polar surface area (TPSA) is 83.6 Å². The molecule has 4 atom stereocenters. The normalized spacial score (nSPS) is 31.5. The molecule has 1 saturated heterocycles. The summed E-state index contributed by atoms with van der Waals surface area (Å²) >= 11 is 0. The zero-order chi connectivity index (χ0) is 14.7. The molecule has 0 aromatic heterocycles. The predicted molar refractivity (Wildman–Crippen MR) is 76.1 cm³/mol. The standard InChI is InChI=1S/C15H26N2O3/c1-10(8-9-16)14(18)17-12-5-3-2-4-11(12)6-7-13(17)15(19)20/h10-13H,2-9,16H2,1H3,(H,19,20). The van der Waals surface area contributed by atoms with E-state index in [1.54, 1.807) is 4.90 Å². The number of amides is 1. The second kappa shape index (κ2) is 6.57. The average Bonchev–Trinajstić information content (AvgIpc) is 2.45. The fourth-order valence-electron chi connectivity index (χ4n) is 3.82. The van der Waals surface area contributed by atoms with Crippen LogP contribution < -0.4 is 5.73 Å². The van der Waals surface area contributed by atoms with Gasteiger partial charge in [-0.15, -0.1) is 0 Å². The Morgan fingerprint density at radius 3 is 2.60 bits per heavy atom. The van der Waals surface area contributed by atoms with Crippen molar-refractivity contribution in [3.63, 3.8) is 0 Å². The van der Waals surface area contributed by atoms with Gasteiger partial charge in [0.25, 0.3) is 0 Å². The van der Waals surface area contributed by atoms with Gasteiger partial charge in [-0.1, -0.05) is 19.8 Å². The van der Waals surface area contributed by atoms with Crippen LogP contribution in [0.2, 0.25) is 0 Å². The molecule has 20 heavy (non-hydrogen) atoms. The molecule has 114 valence electrons. The predicted octanol–water partition coefficient (Wildman–Crippen LogP) is 1.61. The zero-order valence-electron chi connectivity index (χ0n) is 12.3. The Kier molecular flexibility index (Phi) is 5.02. The molecule has 1 amide bonds. The van der Waals surface area contributed by atoms with Crippen LogP contribution >= 0.6 is 0 Å². The van der Waals surface area contributed by atoms with Crippen molar-refractivity contribution in [1.82, 2.24) is 4.90 Å². The Hall–Kier alpha value is -1.10. The number of nitrogens with two attached hydrogens (primary N) is 1. The van der Waals surface area contributed by atoms with Crippen molar-refractivity contribution in [1.29, 1.82) is 0 Å². The van der Waals surface area contributed by atoms with E-state index in [9.17, 15) is 14.7 Å². The Bertz CT molecular complexity index is 372. The molecule has 2 aliphatic rings. The number of hydrogen-bond acceptors (Lipinski definition) is 3. The minimum absolute atomic E-state index is 0.0144. The summed E-state index contributed by atoms with van der Waals surface area (Å²) < 4.78 is 0. The van der Waals surface area contributed by atoms with E-state index in [-0.39, 0.29) is 17.9 Å². The molecule has 1 aliphatic carbocycles. The van der Waals surface area contributed by atoms with Gasteiger partial charge in [0.1, 0.15) is 6.04 Å². The van der Waals surface area contributed by atoms with Gasteiger partial charge in [-0.2, -0.15) is 0 Å². The number of nitrogens with zero attached hydrogens (tertiary/aromatic N) is 1. The summed E-state index contributed by atoms with van der Waals surface area (Å²) in [6.45, 7) is 2.33. The van der Waals surface area contributed by atoms with Crippen LogP contribution in [0.1, 0.15) is 51.9 Å². The largest absolute Gasteiger partial charge is 0.480 e. The molecule has 0 bridgehead atoms. The Balaban J connectivity index is 2.20. The second-order valence-electron chi connectivity index (χ2n) is 6.27. The fourth-order valence-corrected chi connectivity index (χ4v) is 3.82. The molecular formula is C15H26N2O3. The van der Waals surface area contributed by atoms with Crippen molar-refractivity contribution in [2.75, 3.05) is 6.54 Å². The van der Waals surface area contributed by atoms with E-state index in [4.69, 9.17) is 5.73 Å². The van der Waals surface area contributed by atoms with Crippen LogP contribution in [-0.4, -0.2) is 40.5 Å². The number of fused-ring (bicyclic) bond motifs is 1. The van der Waals surface area contributed by atoms with Crippen LogP contribution in [0.25, 0.3) is 0 Å². The highest BCUT2D eigenvalue weighted by atomic mass is 16.4. The van der Waals surface area contributed by atoms with Crippen molar-refractivity contribution in [3.8, 4) is 0 Å². The molecule has 2 fully saturated rings. The molecule has 4 unspecified atom stereocenters. The number of carboxylic acids is 1. The SMILES string of the molecule is CC(CCN)C(=O)N1C(C(=O)O)CCC2CCCCC21. The van der Waals surface area contributed by atoms with Gasteiger partial charge >= 0.3 is 5.97 Å². The lowest BCUT2D eigenvalue weighted by atomic mass is 9.75. The molecular weight excluding hydrogens is 256 g/mol. The van der Waals surface area contributed by atoms with Crippen LogP contribution in [0.5, 0.6) is 0 Å². The third-order valence-corrected chi connectivity index (χ3v) is 4.93. The quantitative estimate of drug-likeness (QED) is 0.820. The van der Waals surface area contributed by atoms with Gasteiger partial charge in [-0.3, -0.25) is 4.79 Å². The van der Waals surface area contributed by atoms with Crippen LogP contribution in [0.15, 0.2) is 0 Å². The number of hydrogen-bond donors (Lipinski definition) is 2. The molecule has 1 aliphatic heterocycles. The van der Waals surface area contributed by atoms with Gasteiger partial charge in [0.15, 0.2) is 0 Å². The maximum Gasteiger partial charge on any atom is 0.326 e. The number of aliphatic carboxylic acids is 1. The zero-order valence-corrected chi connectivity index (χ0v) is 12.3. The van der Waals surface area contributed by atoms with E-state index in [0.29, 0.717) is 25.3 Å². The molecule has 0 radical (unpaired) electrons. The van der Waals surface area contributed by atoms with E-state index in [1.165, 1.54) is 6.42 Å². The number of piperidine rings is 1. The Labute approximate surface area is 120 Å². The summed E-state index contributed by atoms with van der Waals surface area (Å²) in [7, 11) is 0. The third-order valence-electron chi connectivity index (χ3n) is 4.93. The first kappa shape index (κ1) is 15.3. The maximum atomic E-state index is 12.7. The molecule has 5 nitrogen and oxygen atoms in total. The number of carbonyl (C=O) groups is 2.